The highest BCUT2D eigenvalue weighted by molar-refractivity contribution is 7.13. The maximum atomic E-state index is 13.4. The first-order valence-electron chi connectivity index (χ1n) is 12.3. The number of carbonyl (C=O) groups excluding carboxylic acids is 1. The number of hydrogen-bond acceptors (Lipinski definition) is 8. The fourth-order valence-corrected chi connectivity index (χ4v) is 5.08. The molecule has 12 nitrogen and oxygen atoms in total. The summed E-state index contributed by atoms with van der Waals surface area (Å²) in [6.45, 7) is 2.23. The van der Waals surface area contributed by atoms with Gasteiger partial charge in [0.2, 0.25) is 5.43 Å². The van der Waals surface area contributed by atoms with Crippen molar-refractivity contribution in [3.05, 3.63) is 75.5 Å². The molecule has 0 saturated heterocycles. The van der Waals surface area contributed by atoms with Crippen molar-refractivity contribution in [2.75, 3.05) is 11.9 Å². The largest absolute Gasteiger partial charge is 0.477 e. The highest BCUT2D eigenvalue weighted by Gasteiger charge is 2.34. The first-order chi connectivity index (χ1) is 19.9. The van der Waals surface area contributed by atoms with E-state index in [1.165, 1.54) is 30.7 Å². The van der Waals surface area contributed by atoms with Crippen LogP contribution in [-0.2, 0) is 19.8 Å². The molecule has 3 N–H and O–H groups in total. The molecule has 0 aliphatic heterocycles. The Balaban J connectivity index is 1.68. The third kappa shape index (κ3) is 5.69. The summed E-state index contributed by atoms with van der Waals surface area (Å²) in [5.74, 6) is -1.39. The zero-order valence-corrected chi connectivity index (χ0v) is 22.7. The zero-order valence-electron chi connectivity index (χ0n) is 21.9. The number of aryl methyl sites for hydroxylation is 1. The van der Waals surface area contributed by atoms with Crippen LogP contribution in [0, 0.1) is 0 Å². The molecule has 0 aromatic carbocycles. The van der Waals surface area contributed by atoms with Crippen LogP contribution >= 0.6 is 11.3 Å². The fourth-order valence-electron chi connectivity index (χ4n) is 4.22. The number of halogens is 3. The number of amides is 2. The average Bonchev–Trinajstić information content (AvgIpc) is 3.59. The van der Waals surface area contributed by atoms with Gasteiger partial charge in [0.05, 0.1) is 35.5 Å². The Hall–Kier alpha value is -5.12. The molecule has 0 aliphatic rings. The van der Waals surface area contributed by atoms with Crippen LogP contribution in [0.25, 0.3) is 32.7 Å². The summed E-state index contributed by atoms with van der Waals surface area (Å²) in [4.78, 5) is 49.6. The van der Waals surface area contributed by atoms with Gasteiger partial charge in [-0.3, -0.25) is 19.8 Å². The minimum atomic E-state index is -4.68. The summed E-state index contributed by atoms with van der Waals surface area (Å²) >= 11 is 0.729. The van der Waals surface area contributed by atoms with Crippen molar-refractivity contribution < 1.29 is 27.9 Å². The lowest BCUT2D eigenvalue weighted by atomic mass is 10.0. The molecule has 0 radical (unpaired) electrons. The van der Waals surface area contributed by atoms with Crippen molar-refractivity contribution in [1.29, 1.82) is 0 Å². The van der Waals surface area contributed by atoms with E-state index in [9.17, 15) is 32.7 Å². The normalized spacial score (nSPS) is 11.5. The molecular formula is C26H21F3N8O4S. The lowest BCUT2D eigenvalue weighted by molar-refractivity contribution is -0.140. The number of hydrogen-bond donors (Lipinski definition) is 3. The molecule has 5 aromatic rings. The van der Waals surface area contributed by atoms with Gasteiger partial charge in [0.25, 0.3) is 0 Å². The second kappa shape index (κ2) is 11.0. The lowest BCUT2D eigenvalue weighted by Gasteiger charge is -2.14. The van der Waals surface area contributed by atoms with E-state index in [0.29, 0.717) is 12.1 Å². The van der Waals surface area contributed by atoms with E-state index in [-0.39, 0.29) is 39.6 Å². The summed E-state index contributed by atoms with van der Waals surface area (Å²) < 4.78 is 43.2. The average molecular weight is 599 g/mol. The van der Waals surface area contributed by atoms with E-state index in [4.69, 9.17) is 0 Å². The van der Waals surface area contributed by atoms with Gasteiger partial charge in [0.1, 0.15) is 16.4 Å². The Bertz CT molecular complexity index is 1900. The summed E-state index contributed by atoms with van der Waals surface area (Å²) in [5, 5.41) is 19.7. The minimum absolute atomic E-state index is 0.0226. The van der Waals surface area contributed by atoms with E-state index in [0.717, 1.165) is 22.3 Å². The smallest absolute Gasteiger partial charge is 0.434 e. The van der Waals surface area contributed by atoms with Crippen LogP contribution in [0.3, 0.4) is 0 Å². The van der Waals surface area contributed by atoms with Crippen molar-refractivity contribution in [2.45, 2.75) is 19.6 Å². The second-order valence-corrected chi connectivity index (χ2v) is 9.91. The molecule has 42 heavy (non-hydrogen) atoms. The van der Waals surface area contributed by atoms with E-state index >= 15 is 0 Å². The monoisotopic (exact) mass is 598 g/mol. The molecule has 16 heteroatoms. The number of nitrogens with one attached hydrogen (secondary N) is 2. The number of nitrogens with zero attached hydrogens (tertiary/aromatic N) is 6. The predicted octanol–water partition coefficient (Wildman–Crippen LogP) is 4.22. The Morgan fingerprint density at radius 1 is 1.10 bits per heavy atom. The van der Waals surface area contributed by atoms with Crippen molar-refractivity contribution in [3.63, 3.8) is 0 Å². The molecule has 0 bridgehead atoms. The van der Waals surface area contributed by atoms with Crippen LogP contribution in [0.1, 0.15) is 28.5 Å². The molecule has 5 rings (SSSR count). The van der Waals surface area contributed by atoms with Crippen LogP contribution in [-0.4, -0.2) is 53.0 Å². The number of pyridine rings is 3. The number of carboxylic acid groups (broad SMARTS) is 1. The highest BCUT2D eigenvalue weighted by Crippen LogP contribution is 2.38. The van der Waals surface area contributed by atoms with Gasteiger partial charge in [-0.15, -0.1) is 11.3 Å². The zero-order chi connectivity index (χ0) is 30.2. The van der Waals surface area contributed by atoms with E-state index < -0.39 is 34.9 Å². The molecule has 5 aromatic heterocycles. The fraction of sp³-hybridized carbons (Fsp3) is 0.192. The van der Waals surface area contributed by atoms with Crippen LogP contribution in [0.5, 0.6) is 0 Å². The van der Waals surface area contributed by atoms with Gasteiger partial charge in [-0.1, -0.05) is 0 Å². The molecule has 5 heterocycles. The van der Waals surface area contributed by atoms with Crippen molar-refractivity contribution in [3.8, 4) is 21.8 Å². The van der Waals surface area contributed by atoms with E-state index in [2.05, 4.69) is 30.7 Å². The Morgan fingerprint density at radius 2 is 1.88 bits per heavy atom. The Labute approximate surface area is 238 Å². The summed E-state index contributed by atoms with van der Waals surface area (Å²) in [5.41, 5.74) is -0.761. The third-order valence-electron chi connectivity index (χ3n) is 6.09. The number of fused-ring (bicyclic) bond motifs is 1. The summed E-state index contributed by atoms with van der Waals surface area (Å²) in [6.07, 6.45) is 2.55. The van der Waals surface area contributed by atoms with Crippen LogP contribution in [0.2, 0.25) is 0 Å². The number of urea groups is 1. The molecule has 0 aliphatic carbocycles. The number of anilines is 1. The molecule has 0 atom stereocenters. The van der Waals surface area contributed by atoms with Crippen molar-refractivity contribution >= 4 is 40.1 Å². The number of carboxylic acids is 1. The SMILES string of the molecule is CCNC(=O)Nc1cc(-c2nc(C(F)(F)F)cs2)c(-c2cc3c(=O)c(C(=O)O)cn(Cc4cnn(C)c4)c3cn2)cn1. The topological polar surface area (TPSA) is 157 Å². The Morgan fingerprint density at radius 3 is 2.52 bits per heavy atom. The van der Waals surface area contributed by atoms with Gasteiger partial charge in [0.15, 0.2) is 5.69 Å². The van der Waals surface area contributed by atoms with Crippen LogP contribution < -0.4 is 16.1 Å². The molecular weight excluding hydrogens is 577 g/mol. The number of aromatic carboxylic acids is 1. The second-order valence-electron chi connectivity index (χ2n) is 9.05. The van der Waals surface area contributed by atoms with Crippen LogP contribution in [0.4, 0.5) is 23.8 Å². The van der Waals surface area contributed by atoms with Crippen LogP contribution in [0.15, 0.2) is 53.3 Å². The molecule has 0 spiro atoms. The van der Waals surface area contributed by atoms with Crippen molar-refractivity contribution in [2.24, 2.45) is 7.05 Å². The number of rotatable bonds is 7. The molecule has 0 fully saturated rings. The van der Waals surface area contributed by atoms with Gasteiger partial charge >= 0.3 is 18.2 Å². The predicted molar refractivity (Wildman–Crippen MR) is 147 cm³/mol. The van der Waals surface area contributed by atoms with E-state index in [1.54, 1.807) is 35.6 Å². The van der Waals surface area contributed by atoms with Gasteiger partial charge in [-0.05, 0) is 19.1 Å². The molecule has 0 saturated carbocycles. The first kappa shape index (κ1) is 28.4. The third-order valence-corrected chi connectivity index (χ3v) is 6.97. The maximum Gasteiger partial charge on any atom is 0.434 e. The quantitative estimate of drug-likeness (QED) is 0.251. The first-order valence-corrected chi connectivity index (χ1v) is 13.1. The molecule has 0 unspecified atom stereocenters. The number of carbonyl (C=O) groups is 2. The molecule has 2 amide bonds. The number of aromatic nitrogens is 6. The van der Waals surface area contributed by atoms with Gasteiger partial charge in [-0.25, -0.2) is 19.6 Å². The summed E-state index contributed by atoms with van der Waals surface area (Å²) in [6, 6.07) is 2.14. The standard InChI is InChI=1S/C26H21F3N8O4S/c1-3-30-25(41)35-21-5-14(23-34-20(12-42-23)26(27,28)29)16(7-32-21)18-4-15-19(8-31-18)37(10-13-6-33-36(2)9-13)11-17(22(15)38)24(39)40/h4-9,11-12H,3,10H2,1-2H3,(H,39,40)(H2,30,32,35,41). The Kier molecular flexibility index (Phi) is 7.47. The highest BCUT2D eigenvalue weighted by atomic mass is 32.1. The number of thiazole rings is 1. The molecule has 216 valence electrons. The maximum absolute atomic E-state index is 13.4. The minimum Gasteiger partial charge on any atom is -0.477 e. The van der Waals surface area contributed by atoms with E-state index in [1.807, 2.05) is 0 Å². The van der Waals surface area contributed by atoms with Crippen molar-refractivity contribution in [1.82, 2.24) is 34.6 Å². The van der Waals surface area contributed by atoms with Gasteiger partial charge in [-0.2, -0.15) is 18.3 Å². The number of alkyl halides is 3. The van der Waals surface area contributed by atoms with Gasteiger partial charge in [0, 0.05) is 54.3 Å². The van der Waals surface area contributed by atoms with Gasteiger partial charge < -0.3 is 15.0 Å². The summed E-state index contributed by atoms with van der Waals surface area (Å²) in [7, 11) is 1.73. The lowest BCUT2D eigenvalue weighted by Crippen LogP contribution is -2.28.